The van der Waals surface area contributed by atoms with Crippen molar-refractivity contribution in [3.8, 4) is 0 Å². The maximum atomic E-state index is 12.7. The highest BCUT2D eigenvalue weighted by atomic mass is 35.7. The molecule has 0 saturated carbocycles. The summed E-state index contributed by atoms with van der Waals surface area (Å²) in [6, 6.07) is 4.84. The third-order valence-electron chi connectivity index (χ3n) is 2.91. The molecule has 0 fully saturated rings. The molecule has 9 heteroatoms. The minimum Gasteiger partial charge on any atom is -0.383 e. The summed E-state index contributed by atoms with van der Waals surface area (Å²) in [5.41, 5.74) is 0. The van der Waals surface area contributed by atoms with E-state index in [-0.39, 0.29) is 18.0 Å². The first kappa shape index (κ1) is 18.4. The molecule has 0 aliphatic heterocycles. The average molecular weight is 356 g/mol. The molecular weight excluding hydrogens is 338 g/mol. The number of hydrogen-bond donors (Lipinski definition) is 0. The fourth-order valence-electron chi connectivity index (χ4n) is 2.03. The normalized spacial score (nSPS) is 14.3. The van der Waals surface area contributed by atoms with Crippen LogP contribution in [0.25, 0.3) is 0 Å². The Kier molecular flexibility index (Phi) is 6.18. The molecule has 0 aliphatic carbocycles. The summed E-state index contributed by atoms with van der Waals surface area (Å²) in [5, 5.41) is 0. The highest BCUT2D eigenvalue weighted by molar-refractivity contribution is 8.14. The monoisotopic (exact) mass is 355 g/mol. The standard InChI is InChI=1S/C12H18ClNO5S2/c1-4-14(10(2)9-19-3)21(17,18)12-8-6-5-7-11(12)20(13,15)16/h5-8,10H,4,9H2,1-3H3. The molecule has 1 unspecified atom stereocenters. The van der Waals surface area contributed by atoms with Crippen LogP contribution >= 0.6 is 10.7 Å². The molecule has 0 spiro atoms. The Bertz CT molecular complexity index is 687. The second-order valence-electron chi connectivity index (χ2n) is 4.40. The van der Waals surface area contributed by atoms with Gasteiger partial charge in [-0.25, -0.2) is 16.8 Å². The molecule has 0 aromatic heterocycles. The fraction of sp³-hybridized carbons (Fsp3) is 0.500. The Balaban J connectivity index is 3.44. The first-order valence-corrected chi connectivity index (χ1v) is 9.95. The van der Waals surface area contributed by atoms with Gasteiger partial charge in [-0.3, -0.25) is 0 Å². The van der Waals surface area contributed by atoms with Crippen molar-refractivity contribution in [1.82, 2.24) is 4.31 Å². The number of likely N-dealkylation sites (N-methyl/N-ethyl adjacent to an activating group) is 1. The number of hydrogen-bond acceptors (Lipinski definition) is 5. The van der Waals surface area contributed by atoms with Gasteiger partial charge in [0.25, 0.3) is 9.05 Å². The second kappa shape index (κ2) is 7.06. The van der Waals surface area contributed by atoms with Gasteiger partial charge in [-0.1, -0.05) is 19.1 Å². The Morgan fingerprint density at radius 1 is 1.19 bits per heavy atom. The zero-order valence-corrected chi connectivity index (χ0v) is 14.4. The Hall–Kier alpha value is -0.670. The minimum atomic E-state index is -4.16. The minimum absolute atomic E-state index is 0.184. The van der Waals surface area contributed by atoms with E-state index in [2.05, 4.69) is 0 Å². The van der Waals surface area contributed by atoms with Gasteiger partial charge in [-0.15, -0.1) is 0 Å². The highest BCUT2D eigenvalue weighted by Crippen LogP contribution is 2.27. The van der Waals surface area contributed by atoms with E-state index >= 15 is 0 Å². The van der Waals surface area contributed by atoms with Crippen molar-refractivity contribution in [2.75, 3.05) is 20.3 Å². The lowest BCUT2D eigenvalue weighted by Crippen LogP contribution is -2.41. The summed E-state index contributed by atoms with van der Waals surface area (Å²) in [7, 11) is -1.37. The summed E-state index contributed by atoms with van der Waals surface area (Å²) < 4.78 is 54.7. The predicted octanol–water partition coefficient (Wildman–Crippen LogP) is 1.66. The number of nitrogens with zero attached hydrogens (tertiary/aromatic N) is 1. The van der Waals surface area contributed by atoms with Crippen molar-refractivity contribution < 1.29 is 21.6 Å². The van der Waals surface area contributed by atoms with Gasteiger partial charge in [-0.05, 0) is 19.1 Å². The molecule has 6 nitrogen and oxygen atoms in total. The Labute approximate surface area is 130 Å². The van der Waals surface area contributed by atoms with Gasteiger partial charge in [0.1, 0.15) is 9.79 Å². The molecule has 21 heavy (non-hydrogen) atoms. The first-order valence-electron chi connectivity index (χ1n) is 6.20. The van der Waals surface area contributed by atoms with Crippen LogP contribution in [0.3, 0.4) is 0 Å². The zero-order chi connectivity index (χ0) is 16.3. The third kappa shape index (κ3) is 4.17. The number of ether oxygens (including phenoxy) is 1. The van der Waals surface area contributed by atoms with Crippen molar-refractivity contribution in [3.05, 3.63) is 24.3 Å². The van der Waals surface area contributed by atoms with Gasteiger partial charge in [0.2, 0.25) is 10.0 Å². The lowest BCUT2D eigenvalue weighted by Gasteiger charge is -2.27. The van der Waals surface area contributed by atoms with Crippen LogP contribution in [-0.4, -0.2) is 47.4 Å². The Morgan fingerprint density at radius 2 is 1.71 bits per heavy atom. The predicted molar refractivity (Wildman–Crippen MR) is 80.4 cm³/mol. The van der Waals surface area contributed by atoms with Crippen molar-refractivity contribution in [3.63, 3.8) is 0 Å². The van der Waals surface area contributed by atoms with Gasteiger partial charge in [-0.2, -0.15) is 4.31 Å². The van der Waals surface area contributed by atoms with E-state index in [1.165, 1.54) is 35.7 Å². The van der Waals surface area contributed by atoms with E-state index in [0.29, 0.717) is 0 Å². The van der Waals surface area contributed by atoms with Gasteiger partial charge in [0.05, 0.1) is 6.61 Å². The quantitative estimate of drug-likeness (QED) is 0.695. The van der Waals surface area contributed by atoms with E-state index in [4.69, 9.17) is 15.4 Å². The van der Waals surface area contributed by atoms with Crippen LogP contribution in [0.1, 0.15) is 13.8 Å². The van der Waals surface area contributed by atoms with E-state index in [9.17, 15) is 16.8 Å². The van der Waals surface area contributed by atoms with Gasteiger partial charge in [0.15, 0.2) is 0 Å². The van der Waals surface area contributed by atoms with Crippen LogP contribution in [0.15, 0.2) is 34.1 Å². The largest absolute Gasteiger partial charge is 0.383 e. The summed E-state index contributed by atoms with van der Waals surface area (Å²) >= 11 is 0. The molecule has 0 amide bonds. The van der Waals surface area contributed by atoms with Crippen molar-refractivity contribution in [1.29, 1.82) is 0 Å². The molecule has 1 aromatic carbocycles. The maximum Gasteiger partial charge on any atom is 0.262 e. The SMILES string of the molecule is CCN(C(C)COC)S(=O)(=O)c1ccccc1S(=O)(=O)Cl. The van der Waals surface area contributed by atoms with Crippen molar-refractivity contribution >= 4 is 29.8 Å². The molecule has 0 heterocycles. The van der Waals surface area contributed by atoms with Crippen LogP contribution in [-0.2, 0) is 23.8 Å². The average Bonchev–Trinajstić information content (AvgIpc) is 2.38. The third-order valence-corrected chi connectivity index (χ3v) is 6.57. The first-order chi connectivity index (χ1) is 9.66. The lowest BCUT2D eigenvalue weighted by atomic mass is 10.3. The number of halogens is 1. The molecule has 0 saturated heterocycles. The van der Waals surface area contributed by atoms with E-state index in [0.717, 1.165) is 0 Å². The van der Waals surface area contributed by atoms with Crippen molar-refractivity contribution in [2.45, 2.75) is 29.7 Å². The van der Waals surface area contributed by atoms with E-state index < -0.39 is 30.0 Å². The molecule has 0 bridgehead atoms. The molecule has 120 valence electrons. The number of sulfonamides is 1. The van der Waals surface area contributed by atoms with E-state index in [1.54, 1.807) is 13.8 Å². The lowest BCUT2D eigenvalue weighted by molar-refractivity contribution is 0.142. The fourth-order valence-corrected chi connectivity index (χ4v) is 5.47. The number of methoxy groups -OCH3 is 1. The molecule has 1 atom stereocenters. The second-order valence-corrected chi connectivity index (χ2v) is 8.79. The van der Waals surface area contributed by atoms with Crippen LogP contribution in [0.4, 0.5) is 0 Å². The molecule has 0 aliphatic rings. The summed E-state index contributed by atoms with van der Waals surface area (Å²) in [6.45, 7) is 3.73. The van der Waals surface area contributed by atoms with Gasteiger partial charge >= 0.3 is 0 Å². The maximum absolute atomic E-state index is 12.7. The molecule has 0 N–H and O–H groups in total. The summed E-state index contributed by atoms with van der Waals surface area (Å²) in [6.07, 6.45) is 0. The molecule has 0 radical (unpaired) electrons. The van der Waals surface area contributed by atoms with Gasteiger partial charge in [0, 0.05) is 30.4 Å². The van der Waals surface area contributed by atoms with Crippen LogP contribution in [0, 0.1) is 0 Å². The molecular formula is C12H18ClNO5S2. The highest BCUT2D eigenvalue weighted by Gasteiger charge is 2.32. The summed E-state index contributed by atoms with van der Waals surface area (Å²) in [5.74, 6) is 0. The Morgan fingerprint density at radius 3 is 2.14 bits per heavy atom. The smallest absolute Gasteiger partial charge is 0.262 e. The number of benzene rings is 1. The van der Waals surface area contributed by atoms with Crippen molar-refractivity contribution in [2.24, 2.45) is 0 Å². The zero-order valence-electron chi connectivity index (χ0n) is 12.0. The van der Waals surface area contributed by atoms with Gasteiger partial charge < -0.3 is 4.74 Å². The molecule has 1 rings (SSSR count). The van der Waals surface area contributed by atoms with E-state index in [1.807, 2.05) is 0 Å². The molecule has 1 aromatic rings. The number of rotatable bonds is 7. The van der Waals surface area contributed by atoms with Crippen LogP contribution in [0.5, 0.6) is 0 Å². The topological polar surface area (TPSA) is 80.8 Å². The van der Waals surface area contributed by atoms with Crippen LogP contribution in [0.2, 0.25) is 0 Å². The van der Waals surface area contributed by atoms with Crippen LogP contribution < -0.4 is 0 Å². The summed E-state index contributed by atoms with van der Waals surface area (Å²) in [4.78, 5) is -0.750.